The number of likely N-dealkylation sites (N-methyl/N-ethyl adjacent to an activating group) is 1. The number of rotatable bonds is 7. The lowest BCUT2D eigenvalue weighted by molar-refractivity contribution is 0.409. The first kappa shape index (κ1) is 17.0. The molecule has 0 aromatic heterocycles. The van der Waals surface area contributed by atoms with Gasteiger partial charge in [-0.05, 0) is 37.7 Å². The maximum atomic E-state index is 3.65. The fourth-order valence-corrected chi connectivity index (χ4v) is 3.30. The first-order valence-corrected chi connectivity index (χ1v) is 8.59. The van der Waals surface area contributed by atoms with E-state index in [1.54, 1.807) is 0 Å². The van der Waals surface area contributed by atoms with Gasteiger partial charge in [0, 0.05) is 35.1 Å². The molecule has 0 heterocycles. The average molecular weight is 392 g/mol. The Morgan fingerprint density at radius 3 is 2.32 bits per heavy atom. The maximum Gasteiger partial charge on any atom is 0.0378 e. The molecule has 4 heteroatoms. The zero-order valence-corrected chi connectivity index (χ0v) is 15.5. The monoisotopic (exact) mass is 390 g/mol. The molecule has 0 atom stereocenters. The Balaban J connectivity index is 2.86. The van der Waals surface area contributed by atoms with Crippen LogP contribution in [0.5, 0.6) is 0 Å². The number of alkyl halides is 1. The molecule has 19 heavy (non-hydrogen) atoms. The number of nitrogens with zero attached hydrogens (tertiary/aromatic N) is 2. The van der Waals surface area contributed by atoms with Crippen LogP contribution in [0, 0.1) is 5.92 Å². The third-order valence-electron chi connectivity index (χ3n) is 2.95. The molecule has 0 bridgehead atoms. The Labute approximate surface area is 134 Å². The normalized spacial score (nSPS) is 11.4. The standard InChI is InChI=1S/C15H24Br2N2/c1-12(2)11-19(8-7-18(3)4)14-6-5-13(10-16)15(17)9-14/h5-6,9,12H,7-8,10-11H2,1-4H3. The molecular weight excluding hydrogens is 368 g/mol. The second-order valence-corrected chi connectivity index (χ2v) is 6.97. The first-order valence-electron chi connectivity index (χ1n) is 6.68. The van der Waals surface area contributed by atoms with Crippen molar-refractivity contribution in [2.75, 3.05) is 38.6 Å². The summed E-state index contributed by atoms with van der Waals surface area (Å²) in [7, 11) is 4.24. The van der Waals surface area contributed by atoms with Crippen LogP contribution in [0.1, 0.15) is 19.4 Å². The van der Waals surface area contributed by atoms with Gasteiger partial charge in [0.1, 0.15) is 0 Å². The van der Waals surface area contributed by atoms with Crippen LogP contribution in [0.3, 0.4) is 0 Å². The van der Waals surface area contributed by atoms with Crippen LogP contribution in [0.4, 0.5) is 5.69 Å². The van der Waals surface area contributed by atoms with Crippen LogP contribution >= 0.6 is 31.9 Å². The summed E-state index contributed by atoms with van der Waals surface area (Å²) < 4.78 is 1.18. The minimum absolute atomic E-state index is 0.664. The van der Waals surface area contributed by atoms with E-state index in [2.05, 4.69) is 87.8 Å². The number of benzene rings is 1. The van der Waals surface area contributed by atoms with Gasteiger partial charge in [-0.25, -0.2) is 0 Å². The predicted molar refractivity (Wildman–Crippen MR) is 92.4 cm³/mol. The molecule has 0 aliphatic rings. The molecule has 0 amide bonds. The quantitative estimate of drug-likeness (QED) is 0.636. The largest absolute Gasteiger partial charge is 0.370 e. The molecule has 0 unspecified atom stereocenters. The molecule has 108 valence electrons. The third-order valence-corrected chi connectivity index (χ3v) is 4.29. The van der Waals surface area contributed by atoms with Crippen molar-refractivity contribution < 1.29 is 0 Å². The molecule has 0 aliphatic heterocycles. The van der Waals surface area contributed by atoms with Gasteiger partial charge in [-0.2, -0.15) is 0 Å². The van der Waals surface area contributed by atoms with Gasteiger partial charge in [-0.15, -0.1) is 0 Å². The topological polar surface area (TPSA) is 6.48 Å². The van der Waals surface area contributed by atoms with E-state index in [0.29, 0.717) is 5.92 Å². The summed E-state index contributed by atoms with van der Waals surface area (Å²) in [6.07, 6.45) is 0. The van der Waals surface area contributed by atoms with Gasteiger partial charge >= 0.3 is 0 Å². The minimum Gasteiger partial charge on any atom is -0.370 e. The second kappa shape index (κ2) is 8.28. The van der Waals surface area contributed by atoms with E-state index in [0.717, 1.165) is 25.0 Å². The SMILES string of the molecule is CC(C)CN(CCN(C)C)c1ccc(CBr)c(Br)c1. The molecule has 2 nitrogen and oxygen atoms in total. The van der Waals surface area contributed by atoms with Crippen molar-refractivity contribution in [1.82, 2.24) is 4.90 Å². The predicted octanol–water partition coefficient (Wildman–Crippen LogP) is 4.37. The number of hydrogen-bond acceptors (Lipinski definition) is 2. The van der Waals surface area contributed by atoms with E-state index >= 15 is 0 Å². The Kier molecular flexibility index (Phi) is 7.40. The highest BCUT2D eigenvalue weighted by Gasteiger charge is 2.10. The van der Waals surface area contributed by atoms with Crippen molar-refractivity contribution in [1.29, 1.82) is 0 Å². The zero-order chi connectivity index (χ0) is 14.4. The lowest BCUT2D eigenvalue weighted by atomic mass is 10.1. The number of halogens is 2. The lowest BCUT2D eigenvalue weighted by Crippen LogP contribution is -2.34. The molecule has 0 spiro atoms. The van der Waals surface area contributed by atoms with Gasteiger partial charge in [0.05, 0.1) is 0 Å². The molecule has 1 rings (SSSR count). The van der Waals surface area contributed by atoms with E-state index in [1.807, 2.05) is 0 Å². The van der Waals surface area contributed by atoms with E-state index in [9.17, 15) is 0 Å². The minimum atomic E-state index is 0.664. The van der Waals surface area contributed by atoms with Gasteiger partial charge in [0.15, 0.2) is 0 Å². The number of hydrogen-bond donors (Lipinski definition) is 0. The fourth-order valence-electron chi connectivity index (χ4n) is 1.93. The highest BCUT2D eigenvalue weighted by atomic mass is 79.9. The molecule has 1 aromatic carbocycles. The van der Waals surface area contributed by atoms with Crippen LogP contribution in [0.2, 0.25) is 0 Å². The Hall–Kier alpha value is -0.0600. The lowest BCUT2D eigenvalue weighted by Gasteiger charge is -2.28. The second-order valence-electron chi connectivity index (χ2n) is 5.55. The summed E-state index contributed by atoms with van der Waals surface area (Å²) in [6.45, 7) is 7.76. The summed E-state index contributed by atoms with van der Waals surface area (Å²) in [5, 5.41) is 0.885. The smallest absolute Gasteiger partial charge is 0.0378 e. The molecule has 0 aliphatic carbocycles. The van der Waals surface area contributed by atoms with Crippen LogP contribution in [0.15, 0.2) is 22.7 Å². The Morgan fingerprint density at radius 2 is 1.84 bits per heavy atom. The summed E-state index contributed by atoms with van der Waals surface area (Å²) >= 11 is 7.16. The third kappa shape index (κ3) is 5.84. The van der Waals surface area contributed by atoms with Crippen molar-refractivity contribution in [2.45, 2.75) is 19.2 Å². The van der Waals surface area contributed by atoms with Gasteiger partial charge in [-0.1, -0.05) is 51.8 Å². The Bertz CT molecular complexity index is 392. The van der Waals surface area contributed by atoms with Crippen molar-refractivity contribution in [3.8, 4) is 0 Å². The summed E-state index contributed by atoms with van der Waals surface area (Å²) in [6, 6.07) is 6.64. The van der Waals surface area contributed by atoms with E-state index in [4.69, 9.17) is 0 Å². The van der Waals surface area contributed by atoms with Crippen molar-refractivity contribution in [3.63, 3.8) is 0 Å². The highest BCUT2D eigenvalue weighted by molar-refractivity contribution is 9.10. The first-order chi connectivity index (χ1) is 8.93. The summed E-state index contributed by atoms with van der Waals surface area (Å²) in [5.41, 5.74) is 2.59. The van der Waals surface area contributed by atoms with E-state index in [1.165, 1.54) is 15.7 Å². The molecule has 0 fully saturated rings. The molecule has 0 saturated carbocycles. The molecular formula is C15H24Br2N2. The zero-order valence-electron chi connectivity index (χ0n) is 12.3. The van der Waals surface area contributed by atoms with Crippen molar-refractivity contribution in [2.24, 2.45) is 5.92 Å². The molecule has 1 aromatic rings. The van der Waals surface area contributed by atoms with Gasteiger partial charge in [0.2, 0.25) is 0 Å². The van der Waals surface area contributed by atoms with Crippen LogP contribution in [0.25, 0.3) is 0 Å². The van der Waals surface area contributed by atoms with Crippen molar-refractivity contribution in [3.05, 3.63) is 28.2 Å². The van der Waals surface area contributed by atoms with Gasteiger partial charge in [0.25, 0.3) is 0 Å². The van der Waals surface area contributed by atoms with Crippen LogP contribution < -0.4 is 4.90 Å². The number of anilines is 1. The van der Waals surface area contributed by atoms with Crippen LogP contribution in [-0.2, 0) is 5.33 Å². The van der Waals surface area contributed by atoms with Gasteiger partial charge in [-0.3, -0.25) is 0 Å². The molecule has 0 saturated heterocycles. The Morgan fingerprint density at radius 1 is 1.16 bits per heavy atom. The van der Waals surface area contributed by atoms with Crippen LogP contribution in [-0.4, -0.2) is 38.6 Å². The molecule has 0 radical (unpaired) electrons. The molecule has 0 N–H and O–H groups in total. The van der Waals surface area contributed by atoms with Gasteiger partial charge < -0.3 is 9.80 Å². The average Bonchev–Trinajstić information content (AvgIpc) is 2.33. The summed E-state index contributed by atoms with van der Waals surface area (Å²) in [5.74, 6) is 0.664. The fraction of sp³-hybridized carbons (Fsp3) is 0.600. The van der Waals surface area contributed by atoms with E-state index in [-0.39, 0.29) is 0 Å². The summed E-state index contributed by atoms with van der Waals surface area (Å²) in [4.78, 5) is 4.70. The van der Waals surface area contributed by atoms with E-state index < -0.39 is 0 Å². The maximum absolute atomic E-state index is 3.65. The highest BCUT2D eigenvalue weighted by Crippen LogP contribution is 2.26. The van der Waals surface area contributed by atoms with Crippen molar-refractivity contribution >= 4 is 37.5 Å².